The van der Waals surface area contributed by atoms with Crippen LogP contribution in [0.1, 0.15) is 90.2 Å². The summed E-state index contributed by atoms with van der Waals surface area (Å²) in [5.74, 6) is -1.71. The summed E-state index contributed by atoms with van der Waals surface area (Å²) in [6.45, 7) is 4.60. The molecule has 0 bridgehead atoms. The van der Waals surface area contributed by atoms with Crippen LogP contribution < -0.4 is 4.74 Å². The first kappa shape index (κ1) is 31.0. The maximum absolute atomic E-state index is 13.8. The van der Waals surface area contributed by atoms with Gasteiger partial charge in [0, 0.05) is 24.1 Å². The number of hydrogen-bond donors (Lipinski definition) is 0. The van der Waals surface area contributed by atoms with Gasteiger partial charge in [0.1, 0.15) is 5.75 Å². The first-order chi connectivity index (χ1) is 18.8. The Bertz CT molecular complexity index is 1000. The van der Waals surface area contributed by atoms with Crippen molar-refractivity contribution in [3.63, 3.8) is 0 Å². The second-order valence-electron chi connectivity index (χ2n) is 10.1. The van der Waals surface area contributed by atoms with Gasteiger partial charge in [0.25, 0.3) is 0 Å². The molecular formula is C30H41F3N2O4. The molecular weight excluding hydrogens is 509 g/mol. The number of alkyl halides is 3. The molecule has 2 aromatic rings. The lowest BCUT2D eigenvalue weighted by molar-refractivity contribution is -0.301. The number of unbranched alkanes of at least 4 members (excludes halogenated alkanes) is 7. The molecule has 1 aromatic heterocycles. The Morgan fingerprint density at radius 3 is 2.33 bits per heavy atom. The van der Waals surface area contributed by atoms with Crippen molar-refractivity contribution in [3.05, 3.63) is 42.2 Å². The Labute approximate surface area is 229 Å². The lowest BCUT2D eigenvalue weighted by atomic mass is 9.93. The number of rotatable bonds is 15. The number of halogens is 3. The van der Waals surface area contributed by atoms with Crippen LogP contribution in [0.15, 0.2) is 36.5 Å². The highest BCUT2D eigenvalue weighted by Gasteiger charge is 2.52. The molecule has 0 radical (unpaired) electrons. The molecule has 1 aromatic carbocycles. The van der Waals surface area contributed by atoms with Crippen molar-refractivity contribution in [2.75, 3.05) is 6.61 Å². The van der Waals surface area contributed by atoms with Crippen molar-refractivity contribution in [2.24, 2.45) is 5.92 Å². The van der Waals surface area contributed by atoms with E-state index < -0.39 is 30.5 Å². The van der Waals surface area contributed by atoms with Gasteiger partial charge in [-0.05, 0) is 62.4 Å². The lowest BCUT2D eigenvalue weighted by Gasteiger charge is -2.35. The van der Waals surface area contributed by atoms with Crippen LogP contribution in [0.3, 0.4) is 0 Å². The first-order valence-corrected chi connectivity index (χ1v) is 14.3. The fraction of sp³-hybridized carbons (Fsp3) is 0.633. The van der Waals surface area contributed by atoms with Crippen LogP contribution in [0.25, 0.3) is 11.4 Å². The SMILES string of the molecule is CCCCCCCc1ccnc(-c2ccc(OC(=O)C3CCC(OCCCCCC)OC3C(F)(F)F)cc2)n1. The smallest absolute Gasteiger partial charge is 0.415 e. The summed E-state index contributed by atoms with van der Waals surface area (Å²) in [4.78, 5) is 21.7. The Hall–Kier alpha value is -2.52. The van der Waals surface area contributed by atoms with E-state index in [-0.39, 0.29) is 18.6 Å². The minimum atomic E-state index is -4.71. The second kappa shape index (κ2) is 15.9. The molecule has 3 unspecified atom stereocenters. The number of carbonyl (C=O) groups excluding carboxylic acids is 1. The van der Waals surface area contributed by atoms with E-state index in [9.17, 15) is 18.0 Å². The Balaban J connectivity index is 1.55. The Morgan fingerprint density at radius 2 is 1.64 bits per heavy atom. The fourth-order valence-corrected chi connectivity index (χ4v) is 4.65. The van der Waals surface area contributed by atoms with Gasteiger partial charge in [0.05, 0.1) is 5.92 Å². The molecule has 3 rings (SSSR count). The number of esters is 1. The maximum atomic E-state index is 13.8. The van der Waals surface area contributed by atoms with E-state index >= 15 is 0 Å². The van der Waals surface area contributed by atoms with Crippen molar-refractivity contribution >= 4 is 5.97 Å². The zero-order valence-electron chi connectivity index (χ0n) is 23.0. The highest BCUT2D eigenvalue weighted by molar-refractivity contribution is 5.76. The topological polar surface area (TPSA) is 70.5 Å². The van der Waals surface area contributed by atoms with Crippen LogP contribution in [-0.4, -0.2) is 41.1 Å². The maximum Gasteiger partial charge on any atom is 0.415 e. The van der Waals surface area contributed by atoms with E-state index in [0.29, 0.717) is 12.4 Å². The van der Waals surface area contributed by atoms with Crippen LogP contribution in [0.5, 0.6) is 5.75 Å². The summed E-state index contributed by atoms with van der Waals surface area (Å²) in [5.41, 5.74) is 1.70. The van der Waals surface area contributed by atoms with E-state index in [0.717, 1.165) is 49.8 Å². The van der Waals surface area contributed by atoms with Gasteiger partial charge < -0.3 is 14.2 Å². The average molecular weight is 551 g/mol. The molecule has 3 atom stereocenters. The zero-order valence-corrected chi connectivity index (χ0v) is 23.0. The van der Waals surface area contributed by atoms with Gasteiger partial charge in [-0.2, -0.15) is 13.2 Å². The first-order valence-electron chi connectivity index (χ1n) is 14.3. The van der Waals surface area contributed by atoms with Crippen molar-refractivity contribution < 1.29 is 32.2 Å². The van der Waals surface area contributed by atoms with E-state index in [1.54, 1.807) is 30.5 Å². The number of carbonyl (C=O) groups is 1. The Morgan fingerprint density at radius 1 is 0.949 bits per heavy atom. The molecule has 9 heteroatoms. The molecule has 1 aliphatic heterocycles. The molecule has 39 heavy (non-hydrogen) atoms. The molecule has 0 N–H and O–H groups in total. The number of aryl methyl sites for hydroxylation is 1. The number of benzene rings is 1. The van der Waals surface area contributed by atoms with Crippen molar-refractivity contribution in [3.8, 4) is 17.1 Å². The molecule has 1 aliphatic rings. The molecule has 0 saturated carbocycles. The van der Waals surface area contributed by atoms with Crippen molar-refractivity contribution in [2.45, 2.75) is 109 Å². The lowest BCUT2D eigenvalue weighted by Crippen LogP contribution is -2.49. The standard InChI is InChI=1S/C30H41F3N2O4/c1-3-5-7-9-10-12-23-19-20-34-28(35-23)22-13-15-24(16-14-22)38-29(36)25-17-18-26(37-21-11-8-6-4-2)39-27(25)30(31,32)33/h13-16,19-20,25-27H,3-12,17-18,21H2,1-2H3. The van der Waals surface area contributed by atoms with Crippen molar-refractivity contribution in [1.29, 1.82) is 0 Å². The third kappa shape index (κ3) is 10.2. The third-order valence-corrected chi connectivity index (χ3v) is 6.88. The summed E-state index contributed by atoms with van der Waals surface area (Å²) in [5, 5.41) is 0. The van der Waals surface area contributed by atoms with Gasteiger partial charge in [0.2, 0.25) is 0 Å². The highest BCUT2D eigenvalue weighted by Crippen LogP contribution is 2.37. The van der Waals surface area contributed by atoms with Crippen LogP contribution in [-0.2, 0) is 20.7 Å². The van der Waals surface area contributed by atoms with Gasteiger partial charge in [-0.15, -0.1) is 0 Å². The molecule has 6 nitrogen and oxygen atoms in total. The molecule has 216 valence electrons. The molecule has 0 amide bonds. The second-order valence-corrected chi connectivity index (χ2v) is 10.1. The summed E-state index contributed by atoms with van der Waals surface area (Å²) in [6.07, 6.45) is 4.55. The largest absolute Gasteiger partial charge is 0.426 e. The monoisotopic (exact) mass is 550 g/mol. The third-order valence-electron chi connectivity index (χ3n) is 6.88. The van der Waals surface area contributed by atoms with Gasteiger partial charge in [-0.3, -0.25) is 4.79 Å². The highest BCUT2D eigenvalue weighted by atomic mass is 19.4. The summed E-state index contributed by atoms with van der Waals surface area (Å²) in [7, 11) is 0. The number of hydrogen-bond acceptors (Lipinski definition) is 6. The van der Waals surface area contributed by atoms with Gasteiger partial charge in [0.15, 0.2) is 18.2 Å². The van der Waals surface area contributed by atoms with Crippen LogP contribution in [0, 0.1) is 5.92 Å². The predicted molar refractivity (Wildman–Crippen MR) is 143 cm³/mol. The predicted octanol–water partition coefficient (Wildman–Crippen LogP) is 7.84. The number of nitrogens with zero attached hydrogens (tertiary/aromatic N) is 2. The van der Waals surface area contributed by atoms with E-state index in [2.05, 4.69) is 23.8 Å². The minimum Gasteiger partial charge on any atom is -0.426 e. The van der Waals surface area contributed by atoms with Crippen molar-refractivity contribution in [1.82, 2.24) is 9.97 Å². The Kier molecular flexibility index (Phi) is 12.7. The van der Waals surface area contributed by atoms with Crippen LogP contribution in [0.2, 0.25) is 0 Å². The van der Waals surface area contributed by atoms with E-state index in [1.807, 2.05) is 6.07 Å². The molecule has 0 aliphatic carbocycles. The molecule has 1 saturated heterocycles. The summed E-state index contributed by atoms with van der Waals surface area (Å²) >= 11 is 0. The fourth-order valence-electron chi connectivity index (χ4n) is 4.65. The van der Waals surface area contributed by atoms with Gasteiger partial charge in [-0.1, -0.05) is 58.8 Å². The van der Waals surface area contributed by atoms with E-state index in [1.165, 1.54) is 25.7 Å². The quantitative estimate of drug-likeness (QED) is 0.128. The zero-order chi connectivity index (χ0) is 28.1. The summed E-state index contributed by atoms with van der Waals surface area (Å²) in [6, 6.07) is 8.39. The number of aromatic nitrogens is 2. The van der Waals surface area contributed by atoms with Crippen LogP contribution >= 0.6 is 0 Å². The number of ether oxygens (including phenoxy) is 3. The van der Waals surface area contributed by atoms with Gasteiger partial charge >= 0.3 is 12.1 Å². The van der Waals surface area contributed by atoms with Crippen LogP contribution in [0.4, 0.5) is 13.2 Å². The molecule has 2 heterocycles. The van der Waals surface area contributed by atoms with Gasteiger partial charge in [-0.25, -0.2) is 9.97 Å². The normalized spacial score (nSPS) is 19.7. The average Bonchev–Trinajstić information content (AvgIpc) is 2.93. The molecule has 1 fully saturated rings. The molecule has 0 spiro atoms. The summed E-state index contributed by atoms with van der Waals surface area (Å²) < 4.78 is 57.3. The van der Waals surface area contributed by atoms with E-state index in [4.69, 9.17) is 14.2 Å². The minimum absolute atomic E-state index is 0.0280.